The number of halogens is 1. The van der Waals surface area contributed by atoms with Gasteiger partial charge in [0.05, 0.1) is 9.92 Å². The van der Waals surface area contributed by atoms with Gasteiger partial charge < -0.3 is 5.32 Å². The van der Waals surface area contributed by atoms with E-state index in [2.05, 4.69) is 5.32 Å². The van der Waals surface area contributed by atoms with Gasteiger partial charge in [0.2, 0.25) is 0 Å². The molecule has 1 aromatic rings. The Labute approximate surface area is 106 Å². The Morgan fingerprint density at radius 2 is 1.94 bits per heavy atom. The summed E-state index contributed by atoms with van der Waals surface area (Å²) in [5, 5.41) is 2.80. The van der Waals surface area contributed by atoms with E-state index < -0.39 is 9.84 Å². The predicted molar refractivity (Wildman–Crippen MR) is 67.2 cm³/mol. The minimum Gasteiger partial charge on any atom is -0.350 e. The number of sulfone groups is 1. The minimum absolute atomic E-state index is 0.0140. The highest BCUT2D eigenvalue weighted by atomic mass is 35.5. The van der Waals surface area contributed by atoms with Gasteiger partial charge in [-0.1, -0.05) is 11.6 Å². The van der Waals surface area contributed by atoms with Gasteiger partial charge >= 0.3 is 0 Å². The van der Waals surface area contributed by atoms with E-state index in [1.165, 1.54) is 18.2 Å². The first kappa shape index (κ1) is 14.0. The zero-order valence-electron chi connectivity index (χ0n) is 9.82. The molecule has 0 fully saturated rings. The molecular formula is C11H14ClNO3S. The van der Waals surface area contributed by atoms with Crippen LogP contribution in [0.3, 0.4) is 0 Å². The fraction of sp³-hybridized carbons (Fsp3) is 0.364. The Balaban J connectivity index is 3.18. The summed E-state index contributed by atoms with van der Waals surface area (Å²) < 4.78 is 22.9. The third-order valence-corrected chi connectivity index (χ3v) is 3.59. The lowest BCUT2D eigenvalue weighted by Gasteiger charge is -2.09. The van der Waals surface area contributed by atoms with Crippen molar-refractivity contribution in [3.63, 3.8) is 0 Å². The first-order valence-corrected chi connectivity index (χ1v) is 7.29. The second kappa shape index (κ2) is 5.06. The van der Waals surface area contributed by atoms with Crippen molar-refractivity contribution < 1.29 is 13.2 Å². The van der Waals surface area contributed by atoms with Gasteiger partial charge in [0, 0.05) is 17.9 Å². The smallest absolute Gasteiger partial charge is 0.251 e. The number of nitrogens with one attached hydrogen (secondary N) is 1. The van der Waals surface area contributed by atoms with Crippen molar-refractivity contribution in [2.45, 2.75) is 24.8 Å². The standard InChI is InChI=1S/C11H14ClNO3S/c1-7(2)13-11(14)8-4-5-9(12)10(6-8)17(3,15)16/h4-7H,1-3H3,(H,13,14). The van der Waals surface area contributed by atoms with Crippen molar-refractivity contribution in [3.8, 4) is 0 Å². The highest BCUT2D eigenvalue weighted by Crippen LogP contribution is 2.22. The van der Waals surface area contributed by atoms with Gasteiger partial charge in [0.15, 0.2) is 9.84 Å². The number of hydrogen-bond acceptors (Lipinski definition) is 3. The van der Waals surface area contributed by atoms with Gasteiger partial charge in [-0.3, -0.25) is 4.79 Å². The van der Waals surface area contributed by atoms with E-state index in [0.717, 1.165) is 6.26 Å². The lowest BCUT2D eigenvalue weighted by molar-refractivity contribution is 0.0943. The van der Waals surface area contributed by atoms with Crippen LogP contribution in [0.2, 0.25) is 5.02 Å². The summed E-state index contributed by atoms with van der Waals surface area (Å²) in [6, 6.07) is 4.18. The molecule has 0 radical (unpaired) electrons. The third kappa shape index (κ3) is 3.71. The third-order valence-electron chi connectivity index (χ3n) is 2.01. The second-order valence-corrected chi connectivity index (χ2v) is 6.44. The Hall–Kier alpha value is -1.07. The predicted octanol–water partition coefficient (Wildman–Crippen LogP) is 1.88. The summed E-state index contributed by atoms with van der Waals surface area (Å²) in [4.78, 5) is 11.7. The summed E-state index contributed by atoms with van der Waals surface area (Å²) in [5.41, 5.74) is 0.281. The Bertz CT molecular complexity index is 538. The molecule has 0 aliphatic rings. The van der Waals surface area contributed by atoms with E-state index in [1.54, 1.807) is 0 Å². The van der Waals surface area contributed by atoms with Crippen LogP contribution in [0, 0.1) is 0 Å². The Morgan fingerprint density at radius 1 is 1.35 bits per heavy atom. The molecule has 1 N–H and O–H groups in total. The average Bonchev–Trinajstić information content (AvgIpc) is 2.15. The monoisotopic (exact) mass is 275 g/mol. The molecule has 0 heterocycles. The molecule has 0 unspecified atom stereocenters. The molecule has 17 heavy (non-hydrogen) atoms. The van der Waals surface area contributed by atoms with Crippen molar-refractivity contribution in [1.29, 1.82) is 0 Å². The summed E-state index contributed by atoms with van der Waals surface area (Å²) in [6.45, 7) is 3.65. The molecule has 4 nitrogen and oxygen atoms in total. The quantitative estimate of drug-likeness (QED) is 0.916. The maximum atomic E-state index is 11.7. The second-order valence-electron chi connectivity index (χ2n) is 4.05. The molecule has 1 rings (SSSR count). The van der Waals surface area contributed by atoms with Crippen molar-refractivity contribution >= 4 is 27.3 Å². The van der Waals surface area contributed by atoms with Gasteiger partial charge in [-0.05, 0) is 32.0 Å². The first-order chi connectivity index (χ1) is 7.71. The molecule has 1 amide bonds. The van der Waals surface area contributed by atoms with E-state index in [4.69, 9.17) is 11.6 Å². The zero-order chi connectivity index (χ0) is 13.2. The summed E-state index contributed by atoms with van der Waals surface area (Å²) >= 11 is 5.78. The molecule has 0 spiro atoms. The fourth-order valence-electron chi connectivity index (χ4n) is 1.27. The minimum atomic E-state index is -3.43. The maximum absolute atomic E-state index is 11.7. The molecule has 0 aromatic heterocycles. The lowest BCUT2D eigenvalue weighted by atomic mass is 10.2. The van der Waals surface area contributed by atoms with Gasteiger partial charge in [-0.25, -0.2) is 8.42 Å². The van der Waals surface area contributed by atoms with Crippen LogP contribution in [0.25, 0.3) is 0 Å². The Kier molecular flexibility index (Phi) is 4.16. The highest BCUT2D eigenvalue weighted by Gasteiger charge is 2.16. The summed E-state index contributed by atoms with van der Waals surface area (Å²) in [7, 11) is -3.43. The number of carbonyl (C=O) groups excluding carboxylic acids is 1. The molecule has 0 saturated carbocycles. The molecule has 0 saturated heterocycles. The van der Waals surface area contributed by atoms with Crippen LogP contribution < -0.4 is 5.32 Å². The van der Waals surface area contributed by atoms with Crippen LogP contribution >= 0.6 is 11.6 Å². The van der Waals surface area contributed by atoms with Crippen LogP contribution in [0.5, 0.6) is 0 Å². The number of carbonyl (C=O) groups is 1. The maximum Gasteiger partial charge on any atom is 0.251 e. The molecule has 0 bridgehead atoms. The van der Waals surface area contributed by atoms with Crippen LogP contribution in [-0.4, -0.2) is 26.6 Å². The van der Waals surface area contributed by atoms with Crippen molar-refractivity contribution in [2.75, 3.05) is 6.26 Å². The van der Waals surface area contributed by atoms with E-state index in [9.17, 15) is 13.2 Å². The van der Waals surface area contributed by atoms with Crippen LogP contribution in [0.1, 0.15) is 24.2 Å². The number of hydrogen-bond donors (Lipinski definition) is 1. The normalized spacial score (nSPS) is 11.6. The van der Waals surface area contributed by atoms with Crippen molar-refractivity contribution in [2.24, 2.45) is 0 Å². The average molecular weight is 276 g/mol. The van der Waals surface area contributed by atoms with Crippen LogP contribution in [0.15, 0.2) is 23.1 Å². The molecular weight excluding hydrogens is 262 g/mol. The Morgan fingerprint density at radius 3 is 2.41 bits per heavy atom. The van der Waals surface area contributed by atoms with Crippen molar-refractivity contribution in [3.05, 3.63) is 28.8 Å². The van der Waals surface area contributed by atoms with E-state index in [1.807, 2.05) is 13.8 Å². The van der Waals surface area contributed by atoms with E-state index in [0.29, 0.717) is 0 Å². The molecule has 6 heteroatoms. The molecule has 94 valence electrons. The van der Waals surface area contributed by atoms with Gasteiger partial charge in [-0.2, -0.15) is 0 Å². The fourth-order valence-corrected chi connectivity index (χ4v) is 2.58. The number of amides is 1. The molecule has 1 aromatic carbocycles. The zero-order valence-corrected chi connectivity index (χ0v) is 11.4. The molecule has 0 aliphatic carbocycles. The largest absolute Gasteiger partial charge is 0.350 e. The van der Waals surface area contributed by atoms with E-state index in [-0.39, 0.29) is 27.4 Å². The first-order valence-electron chi connectivity index (χ1n) is 5.02. The van der Waals surface area contributed by atoms with Gasteiger partial charge in [-0.15, -0.1) is 0 Å². The highest BCUT2D eigenvalue weighted by molar-refractivity contribution is 7.90. The number of rotatable bonds is 3. The molecule has 0 atom stereocenters. The SMILES string of the molecule is CC(C)NC(=O)c1ccc(Cl)c(S(C)(=O)=O)c1. The van der Waals surface area contributed by atoms with Crippen LogP contribution in [-0.2, 0) is 9.84 Å². The number of benzene rings is 1. The van der Waals surface area contributed by atoms with E-state index >= 15 is 0 Å². The summed E-state index contributed by atoms with van der Waals surface area (Å²) in [5.74, 6) is -0.318. The lowest BCUT2D eigenvalue weighted by Crippen LogP contribution is -2.30. The molecule has 0 aliphatic heterocycles. The summed E-state index contributed by atoms with van der Waals surface area (Å²) in [6.07, 6.45) is 1.05. The van der Waals surface area contributed by atoms with Gasteiger partial charge in [0.25, 0.3) is 5.91 Å². The van der Waals surface area contributed by atoms with Gasteiger partial charge in [0.1, 0.15) is 0 Å². The van der Waals surface area contributed by atoms with Crippen molar-refractivity contribution in [1.82, 2.24) is 5.32 Å². The topological polar surface area (TPSA) is 63.2 Å². The van der Waals surface area contributed by atoms with Crippen LogP contribution in [0.4, 0.5) is 0 Å².